The molecule has 110 valence electrons. The molecular formula is C15H26Cl2N2. The summed E-state index contributed by atoms with van der Waals surface area (Å²) in [6.45, 7) is 3.83. The van der Waals surface area contributed by atoms with E-state index in [4.69, 9.17) is 10.7 Å². The summed E-state index contributed by atoms with van der Waals surface area (Å²) >= 11 is 0. The molecule has 0 atom stereocenters. The van der Waals surface area contributed by atoms with E-state index in [9.17, 15) is 0 Å². The monoisotopic (exact) mass is 304 g/mol. The second-order valence-corrected chi connectivity index (χ2v) is 4.29. The fourth-order valence-corrected chi connectivity index (χ4v) is 1.83. The third-order valence-corrected chi connectivity index (χ3v) is 2.80. The van der Waals surface area contributed by atoms with Crippen LogP contribution in [-0.4, -0.2) is 18.8 Å². The molecular weight excluding hydrogens is 279 g/mol. The van der Waals surface area contributed by atoms with Crippen molar-refractivity contribution in [3.05, 3.63) is 35.9 Å². The van der Waals surface area contributed by atoms with Gasteiger partial charge in [0.15, 0.2) is 0 Å². The fourth-order valence-electron chi connectivity index (χ4n) is 1.83. The predicted molar refractivity (Wildman–Crippen MR) is 90.2 cm³/mol. The average Bonchev–Trinajstić information content (AvgIpc) is 2.38. The SMILES string of the molecule is CCCCCCN=C(CCN)c1ccccc1.Cl.Cl. The number of nitrogens with two attached hydrogens (primary N) is 1. The van der Waals surface area contributed by atoms with Crippen molar-refractivity contribution >= 4 is 30.5 Å². The van der Waals surface area contributed by atoms with Crippen molar-refractivity contribution in [2.24, 2.45) is 10.7 Å². The average molecular weight is 305 g/mol. The number of hydrogen-bond donors (Lipinski definition) is 1. The van der Waals surface area contributed by atoms with Crippen molar-refractivity contribution in [1.82, 2.24) is 0 Å². The highest BCUT2D eigenvalue weighted by atomic mass is 35.5. The first-order valence-corrected chi connectivity index (χ1v) is 6.67. The van der Waals surface area contributed by atoms with Gasteiger partial charge in [-0.15, -0.1) is 24.8 Å². The van der Waals surface area contributed by atoms with E-state index >= 15 is 0 Å². The number of nitrogens with zero attached hydrogens (tertiary/aromatic N) is 1. The largest absolute Gasteiger partial charge is 0.330 e. The quantitative estimate of drug-likeness (QED) is 0.566. The summed E-state index contributed by atoms with van der Waals surface area (Å²) in [7, 11) is 0. The molecule has 0 radical (unpaired) electrons. The highest BCUT2D eigenvalue weighted by Crippen LogP contribution is 2.06. The third kappa shape index (κ3) is 9.04. The minimum atomic E-state index is 0. The maximum absolute atomic E-state index is 5.64. The summed E-state index contributed by atoms with van der Waals surface area (Å²) in [5, 5.41) is 0. The van der Waals surface area contributed by atoms with Crippen molar-refractivity contribution in [3.8, 4) is 0 Å². The minimum absolute atomic E-state index is 0. The van der Waals surface area contributed by atoms with Gasteiger partial charge in [0.2, 0.25) is 0 Å². The number of unbranched alkanes of at least 4 members (excludes halogenated alkanes) is 3. The smallest absolute Gasteiger partial charge is 0.0433 e. The van der Waals surface area contributed by atoms with Gasteiger partial charge in [0, 0.05) is 18.7 Å². The highest BCUT2D eigenvalue weighted by molar-refractivity contribution is 6.00. The molecule has 4 heteroatoms. The molecule has 0 amide bonds. The molecule has 2 N–H and O–H groups in total. The highest BCUT2D eigenvalue weighted by Gasteiger charge is 2.00. The Balaban J connectivity index is 0. The second-order valence-electron chi connectivity index (χ2n) is 4.29. The second kappa shape index (κ2) is 13.9. The molecule has 1 rings (SSSR count). The van der Waals surface area contributed by atoms with Crippen LogP contribution in [0, 0.1) is 0 Å². The number of halogens is 2. The molecule has 0 fully saturated rings. The fraction of sp³-hybridized carbons (Fsp3) is 0.533. The van der Waals surface area contributed by atoms with Crippen molar-refractivity contribution in [3.63, 3.8) is 0 Å². The first-order chi connectivity index (χ1) is 8.38. The number of benzene rings is 1. The van der Waals surface area contributed by atoms with Gasteiger partial charge < -0.3 is 5.73 Å². The van der Waals surface area contributed by atoms with E-state index in [1.807, 2.05) is 6.07 Å². The summed E-state index contributed by atoms with van der Waals surface area (Å²) in [6, 6.07) is 10.4. The summed E-state index contributed by atoms with van der Waals surface area (Å²) in [4.78, 5) is 4.69. The van der Waals surface area contributed by atoms with E-state index in [1.165, 1.54) is 31.2 Å². The van der Waals surface area contributed by atoms with E-state index in [0.29, 0.717) is 6.54 Å². The lowest BCUT2D eigenvalue weighted by Crippen LogP contribution is -2.10. The zero-order chi connectivity index (χ0) is 12.3. The maximum Gasteiger partial charge on any atom is 0.0433 e. The number of aliphatic imine (C=N–C) groups is 1. The van der Waals surface area contributed by atoms with Crippen LogP contribution in [0.25, 0.3) is 0 Å². The topological polar surface area (TPSA) is 38.4 Å². The molecule has 0 aromatic heterocycles. The Hall–Kier alpha value is -0.570. The third-order valence-electron chi connectivity index (χ3n) is 2.80. The molecule has 0 saturated carbocycles. The van der Waals surface area contributed by atoms with Crippen molar-refractivity contribution < 1.29 is 0 Å². The summed E-state index contributed by atoms with van der Waals surface area (Å²) in [6.07, 6.45) is 5.93. The first-order valence-electron chi connectivity index (χ1n) is 6.67. The maximum atomic E-state index is 5.64. The molecule has 0 spiro atoms. The Labute approximate surface area is 129 Å². The molecule has 0 aliphatic heterocycles. The Morgan fingerprint density at radius 1 is 1.05 bits per heavy atom. The van der Waals surface area contributed by atoms with Crippen molar-refractivity contribution in [2.45, 2.75) is 39.0 Å². The van der Waals surface area contributed by atoms with Gasteiger partial charge in [0.25, 0.3) is 0 Å². The van der Waals surface area contributed by atoms with Gasteiger partial charge >= 0.3 is 0 Å². The van der Waals surface area contributed by atoms with E-state index in [0.717, 1.165) is 18.7 Å². The standard InChI is InChI=1S/C15H24N2.2ClH/c1-2-3-4-8-13-17-15(11-12-16)14-9-6-5-7-10-14;;/h5-7,9-10H,2-4,8,11-13,16H2,1H3;2*1H. The summed E-state index contributed by atoms with van der Waals surface area (Å²) in [5.74, 6) is 0. The Morgan fingerprint density at radius 3 is 2.32 bits per heavy atom. The molecule has 0 unspecified atom stereocenters. The van der Waals surface area contributed by atoms with Gasteiger partial charge in [-0.2, -0.15) is 0 Å². The van der Waals surface area contributed by atoms with Crippen LogP contribution in [0.4, 0.5) is 0 Å². The molecule has 0 heterocycles. The number of rotatable bonds is 8. The summed E-state index contributed by atoms with van der Waals surface area (Å²) in [5.41, 5.74) is 8.01. The molecule has 0 aliphatic carbocycles. The molecule has 1 aromatic rings. The van der Waals surface area contributed by atoms with Crippen molar-refractivity contribution in [2.75, 3.05) is 13.1 Å². The zero-order valence-electron chi connectivity index (χ0n) is 11.7. The molecule has 0 saturated heterocycles. The van der Waals surface area contributed by atoms with Crippen LogP contribution in [0.5, 0.6) is 0 Å². The Morgan fingerprint density at radius 2 is 1.74 bits per heavy atom. The van der Waals surface area contributed by atoms with Gasteiger partial charge in [-0.1, -0.05) is 56.5 Å². The Bertz CT molecular complexity index is 326. The normalized spacial score (nSPS) is 10.5. The van der Waals surface area contributed by atoms with Gasteiger partial charge in [-0.3, -0.25) is 4.99 Å². The summed E-state index contributed by atoms with van der Waals surface area (Å²) < 4.78 is 0. The van der Waals surface area contributed by atoms with Gasteiger partial charge in [0.05, 0.1) is 0 Å². The molecule has 19 heavy (non-hydrogen) atoms. The van der Waals surface area contributed by atoms with E-state index < -0.39 is 0 Å². The molecule has 0 bridgehead atoms. The Kier molecular flexibility index (Phi) is 15.1. The molecule has 1 aromatic carbocycles. The van der Waals surface area contributed by atoms with Crippen LogP contribution in [-0.2, 0) is 0 Å². The van der Waals surface area contributed by atoms with Crippen LogP contribution in [0.2, 0.25) is 0 Å². The predicted octanol–water partition coefficient (Wildman–Crippen LogP) is 4.25. The van der Waals surface area contributed by atoms with Crippen LogP contribution in [0.15, 0.2) is 35.3 Å². The lowest BCUT2D eigenvalue weighted by Gasteiger charge is -2.05. The van der Waals surface area contributed by atoms with E-state index in [1.54, 1.807) is 0 Å². The van der Waals surface area contributed by atoms with Crippen LogP contribution in [0.1, 0.15) is 44.6 Å². The number of hydrogen-bond acceptors (Lipinski definition) is 2. The first kappa shape index (κ1) is 20.7. The molecule has 2 nitrogen and oxygen atoms in total. The van der Waals surface area contributed by atoms with Crippen LogP contribution in [0.3, 0.4) is 0 Å². The van der Waals surface area contributed by atoms with Crippen molar-refractivity contribution in [1.29, 1.82) is 0 Å². The minimum Gasteiger partial charge on any atom is -0.330 e. The van der Waals surface area contributed by atoms with Gasteiger partial charge in [-0.05, 0) is 18.5 Å². The van der Waals surface area contributed by atoms with E-state index in [-0.39, 0.29) is 24.8 Å². The van der Waals surface area contributed by atoms with Gasteiger partial charge in [0.1, 0.15) is 0 Å². The zero-order valence-corrected chi connectivity index (χ0v) is 13.3. The van der Waals surface area contributed by atoms with Crippen LogP contribution >= 0.6 is 24.8 Å². The molecule has 0 aliphatic rings. The lowest BCUT2D eigenvalue weighted by molar-refractivity contribution is 0.674. The van der Waals surface area contributed by atoms with Gasteiger partial charge in [-0.25, -0.2) is 0 Å². The van der Waals surface area contributed by atoms with E-state index in [2.05, 4.69) is 31.2 Å². The lowest BCUT2D eigenvalue weighted by atomic mass is 10.1. The van der Waals surface area contributed by atoms with Crippen LogP contribution < -0.4 is 5.73 Å².